The summed E-state index contributed by atoms with van der Waals surface area (Å²) in [6.07, 6.45) is 1.36. The normalized spacial score (nSPS) is 21.0. The number of aliphatic imine (C=N–C) groups is 2. The Balaban J connectivity index is 0.984. The first-order valence-corrected chi connectivity index (χ1v) is 31.7. The molecule has 6 aromatic rings. The lowest BCUT2D eigenvalue weighted by Gasteiger charge is -2.47. The number of hydrogen-bond acceptors (Lipinski definition) is 9. The zero-order chi connectivity index (χ0) is 63.0. The van der Waals surface area contributed by atoms with Gasteiger partial charge in [-0.15, -0.1) is 0 Å². The summed E-state index contributed by atoms with van der Waals surface area (Å²) in [4.78, 5) is 78.6. The molecule has 6 aromatic carbocycles. The SMILES string of the molecule is CCOc1cc(C(C)(C)CCCOc2cc(C(C)(C)C)ccc2C2=N[C@@](C)(c3ccc(Cl)cc3)[C@@](C)(c3ccc(Cl)cc3)N2C(=O)N2CCN(C)CC2)ccc1C1=NC(c2ccc(Cl)cc2)C(c2ccc(Cl)cc2)N1C(=O)N1CCN(CC(C)=O)C(=O)C1. The molecule has 4 aliphatic rings. The van der Waals surface area contributed by atoms with Crippen molar-refractivity contribution in [2.45, 2.75) is 109 Å². The van der Waals surface area contributed by atoms with Gasteiger partial charge < -0.3 is 29.1 Å². The second-order valence-electron chi connectivity index (χ2n) is 25.5. The van der Waals surface area contributed by atoms with Crippen molar-refractivity contribution in [3.8, 4) is 11.5 Å². The molecule has 4 aliphatic heterocycles. The highest BCUT2D eigenvalue weighted by Crippen LogP contribution is 2.55. The third kappa shape index (κ3) is 12.9. The van der Waals surface area contributed by atoms with Crippen LogP contribution in [0.15, 0.2) is 143 Å². The Bertz CT molecular complexity index is 3640. The summed E-state index contributed by atoms with van der Waals surface area (Å²) in [6.45, 7) is 22.0. The lowest BCUT2D eigenvalue weighted by atomic mass is 9.71. The fourth-order valence-electron chi connectivity index (χ4n) is 12.6. The first kappa shape index (κ1) is 64.1. The Morgan fingerprint density at radius 3 is 1.72 bits per heavy atom. The summed E-state index contributed by atoms with van der Waals surface area (Å²) in [6, 6.07) is 40.9. The monoisotopic (exact) mass is 1270 g/mol. The van der Waals surface area contributed by atoms with Crippen molar-refractivity contribution in [2.75, 3.05) is 72.6 Å². The molecule has 2 unspecified atom stereocenters. The maximum Gasteiger partial charge on any atom is 0.326 e. The minimum Gasteiger partial charge on any atom is -0.493 e. The van der Waals surface area contributed by atoms with Gasteiger partial charge in [-0.25, -0.2) is 9.59 Å². The van der Waals surface area contributed by atoms with Crippen molar-refractivity contribution in [2.24, 2.45) is 9.98 Å². The van der Waals surface area contributed by atoms with Gasteiger partial charge in [-0.3, -0.25) is 29.4 Å². The van der Waals surface area contributed by atoms with E-state index in [1.807, 2.05) is 114 Å². The lowest BCUT2D eigenvalue weighted by molar-refractivity contribution is -0.138. The summed E-state index contributed by atoms with van der Waals surface area (Å²) in [7, 11) is 2.08. The van der Waals surface area contributed by atoms with Crippen LogP contribution in [0.4, 0.5) is 9.59 Å². The number of benzene rings is 6. The van der Waals surface area contributed by atoms with Crippen LogP contribution in [0.2, 0.25) is 20.1 Å². The zero-order valence-corrected chi connectivity index (χ0v) is 54.9. The summed E-state index contributed by atoms with van der Waals surface area (Å²) in [5, 5.41) is 2.28. The molecule has 0 aromatic heterocycles. The number of nitrogens with zero attached hydrogens (tertiary/aromatic N) is 8. The van der Waals surface area contributed by atoms with E-state index in [0.29, 0.717) is 93.5 Å². The fraction of sp³-hybridized carbons (Fsp3) is 0.400. The molecule has 0 N–H and O–H groups in total. The van der Waals surface area contributed by atoms with E-state index in [1.165, 1.54) is 16.7 Å². The van der Waals surface area contributed by atoms with Gasteiger partial charge in [0.15, 0.2) is 0 Å². The van der Waals surface area contributed by atoms with Crippen LogP contribution in [0.3, 0.4) is 0 Å². The average molecular weight is 1270 g/mol. The van der Waals surface area contributed by atoms with Gasteiger partial charge in [0.25, 0.3) is 0 Å². The zero-order valence-electron chi connectivity index (χ0n) is 51.9. The molecule has 4 heterocycles. The van der Waals surface area contributed by atoms with Crippen LogP contribution >= 0.6 is 46.4 Å². The predicted molar refractivity (Wildman–Crippen MR) is 352 cm³/mol. The highest BCUT2D eigenvalue weighted by molar-refractivity contribution is 6.31. The van der Waals surface area contributed by atoms with E-state index in [0.717, 1.165) is 46.5 Å². The van der Waals surface area contributed by atoms with Crippen molar-refractivity contribution >= 4 is 81.8 Å². The lowest BCUT2D eigenvalue weighted by Crippen LogP contribution is -2.60. The number of amides is 5. The number of likely N-dealkylation sites (N-methyl/N-ethyl adjacent to an activating group) is 1. The van der Waals surface area contributed by atoms with Crippen LogP contribution in [-0.2, 0) is 31.5 Å². The molecule has 0 saturated carbocycles. The number of carbonyl (C=O) groups is 4. The highest BCUT2D eigenvalue weighted by Gasteiger charge is 2.60. The quantitative estimate of drug-likeness (QED) is 0.0882. The first-order valence-electron chi connectivity index (χ1n) is 30.2. The van der Waals surface area contributed by atoms with Gasteiger partial charge in [0.05, 0.1) is 36.9 Å². The number of amidine groups is 2. The molecule has 18 heteroatoms. The van der Waals surface area contributed by atoms with Crippen molar-refractivity contribution in [1.82, 2.24) is 29.4 Å². The van der Waals surface area contributed by atoms with Crippen LogP contribution < -0.4 is 9.47 Å². The molecule has 0 spiro atoms. The van der Waals surface area contributed by atoms with E-state index in [2.05, 4.69) is 84.7 Å². The molecule has 2 saturated heterocycles. The molecular formula is C70H78Cl4N8O6. The van der Waals surface area contributed by atoms with Crippen LogP contribution in [0.25, 0.3) is 0 Å². The average Bonchev–Trinajstić information content (AvgIpc) is 1.53. The largest absolute Gasteiger partial charge is 0.493 e. The van der Waals surface area contributed by atoms with Gasteiger partial charge >= 0.3 is 12.1 Å². The third-order valence-corrected chi connectivity index (χ3v) is 19.0. The molecule has 10 rings (SSSR count). The molecule has 2 fully saturated rings. The maximum absolute atomic E-state index is 15.7. The van der Waals surface area contributed by atoms with Gasteiger partial charge in [0, 0.05) is 59.4 Å². The Morgan fingerprint density at radius 1 is 0.625 bits per heavy atom. The number of urea groups is 2. The van der Waals surface area contributed by atoms with E-state index >= 15 is 9.59 Å². The molecule has 4 atom stereocenters. The Labute approximate surface area is 538 Å². The number of ether oxygens (including phenoxy) is 2. The van der Waals surface area contributed by atoms with Gasteiger partial charge in [-0.05, 0) is 165 Å². The number of ketones is 1. The van der Waals surface area contributed by atoms with E-state index in [9.17, 15) is 9.59 Å². The highest BCUT2D eigenvalue weighted by atomic mass is 35.5. The van der Waals surface area contributed by atoms with Crippen LogP contribution in [0.1, 0.15) is 132 Å². The smallest absolute Gasteiger partial charge is 0.326 e. The number of hydrogen-bond donors (Lipinski definition) is 0. The first-order chi connectivity index (χ1) is 41.8. The van der Waals surface area contributed by atoms with E-state index in [4.69, 9.17) is 65.9 Å². The van der Waals surface area contributed by atoms with Crippen molar-refractivity contribution in [3.63, 3.8) is 0 Å². The van der Waals surface area contributed by atoms with Gasteiger partial charge in [0.1, 0.15) is 52.6 Å². The number of rotatable bonds is 16. The molecule has 0 radical (unpaired) electrons. The Morgan fingerprint density at radius 2 is 1.15 bits per heavy atom. The van der Waals surface area contributed by atoms with Crippen molar-refractivity contribution in [3.05, 3.63) is 198 Å². The Hall–Kier alpha value is -6.94. The van der Waals surface area contributed by atoms with E-state index in [-0.39, 0.29) is 49.3 Å². The minimum atomic E-state index is -1.07. The summed E-state index contributed by atoms with van der Waals surface area (Å²) >= 11 is 26.1. The van der Waals surface area contributed by atoms with Crippen LogP contribution in [0, 0.1) is 0 Å². The van der Waals surface area contributed by atoms with Gasteiger partial charge in [-0.2, -0.15) is 0 Å². The maximum atomic E-state index is 15.7. The molecule has 0 bridgehead atoms. The standard InChI is InChI=1S/C70H78Cl4N8O6/c1-11-87-58-42-51(22-32-56(58)63-75-61(46-13-23-52(71)24-14-46)62(47-15-25-53(72)26-16-47)81(63)65(85)80-39-38-79(43-45(2)83)60(84)44-80)68(6,7)33-12-40-88-59-41-50(67(3,4)5)21-31-57(59)64-76-69(8,48-17-27-54(73)28-18-48)70(9,49-19-29-55(74)30-20-49)82(64)66(86)78-36-34-77(10)35-37-78/h13-32,41-42,61-62H,11-12,33-40,43-44H2,1-10H3/t61?,62?,69-,70+/m0/s1. The van der Waals surface area contributed by atoms with Crippen molar-refractivity contribution in [1.29, 1.82) is 0 Å². The molecule has 14 nitrogen and oxygen atoms in total. The van der Waals surface area contributed by atoms with Gasteiger partial charge in [-0.1, -0.05) is 142 Å². The molecule has 88 heavy (non-hydrogen) atoms. The van der Waals surface area contributed by atoms with Gasteiger partial charge in [0.2, 0.25) is 5.91 Å². The molecular weight excluding hydrogens is 1190 g/mol. The summed E-state index contributed by atoms with van der Waals surface area (Å²) in [5.41, 5.74) is 4.00. The summed E-state index contributed by atoms with van der Waals surface area (Å²) in [5.74, 6) is 1.61. The van der Waals surface area contributed by atoms with E-state index in [1.54, 1.807) is 17.0 Å². The van der Waals surface area contributed by atoms with Crippen molar-refractivity contribution < 1.29 is 28.7 Å². The molecule has 5 amide bonds. The number of piperazine rings is 2. The minimum absolute atomic E-state index is 0.0170. The summed E-state index contributed by atoms with van der Waals surface area (Å²) < 4.78 is 13.6. The fourth-order valence-corrected chi connectivity index (χ4v) is 13.1. The second kappa shape index (κ2) is 25.9. The number of halogens is 4. The topological polar surface area (TPSA) is 131 Å². The third-order valence-electron chi connectivity index (χ3n) is 18.0. The number of carbonyl (C=O) groups excluding carboxylic acids is 4. The van der Waals surface area contributed by atoms with Crippen LogP contribution in [-0.4, -0.2) is 137 Å². The molecule has 462 valence electrons. The predicted octanol–water partition coefficient (Wildman–Crippen LogP) is 14.8. The number of Topliss-reactive ketones (excluding diaryl/α,β-unsaturated/α-hetero) is 1. The van der Waals surface area contributed by atoms with E-state index < -0.39 is 34.6 Å². The van der Waals surface area contributed by atoms with Crippen LogP contribution in [0.5, 0.6) is 11.5 Å². The Kier molecular flexibility index (Phi) is 18.8. The second-order valence-corrected chi connectivity index (χ2v) is 27.2. The molecule has 0 aliphatic carbocycles.